The lowest BCUT2D eigenvalue weighted by molar-refractivity contribution is 0.0722. The van der Waals surface area contributed by atoms with Crippen molar-refractivity contribution in [3.05, 3.63) is 41.0 Å². The maximum Gasteiger partial charge on any atom is 0.270 e. The zero-order valence-electron chi connectivity index (χ0n) is 15.0. The Morgan fingerprint density at radius 1 is 1.44 bits per heavy atom. The minimum Gasteiger partial charge on any atom is -0.375 e. The van der Waals surface area contributed by atoms with Crippen LogP contribution in [-0.2, 0) is 24.3 Å². The number of amides is 1. The molecule has 2 aromatic heterocycles. The van der Waals surface area contributed by atoms with Gasteiger partial charge < -0.3 is 14.6 Å². The fraction of sp³-hybridized carbons (Fsp3) is 0.579. The van der Waals surface area contributed by atoms with Crippen molar-refractivity contribution in [1.29, 1.82) is 0 Å². The Morgan fingerprint density at radius 2 is 2.28 bits per heavy atom. The van der Waals surface area contributed by atoms with E-state index in [0.29, 0.717) is 18.8 Å². The fourth-order valence-electron chi connectivity index (χ4n) is 3.48. The Balaban J connectivity index is 1.53. The number of carbonyl (C=O) groups is 1. The summed E-state index contributed by atoms with van der Waals surface area (Å²) in [4.78, 5) is 17.6. The van der Waals surface area contributed by atoms with Crippen LogP contribution in [0.5, 0.6) is 0 Å². The Bertz CT molecular complexity index is 744. The summed E-state index contributed by atoms with van der Waals surface area (Å²) in [6.45, 7) is 7.04. The highest BCUT2D eigenvalue weighted by Gasteiger charge is 2.29. The monoisotopic (exact) mass is 342 g/mol. The summed E-state index contributed by atoms with van der Waals surface area (Å²) in [6.07, 6.45) is 5.23. The van der Waals surface area contributed by atoms with Crippen LogP contribution in [0.3, 0.4) is 0 Å². The van der Waals surface area contributed by atoms with E-state index in [0.717, 1.165) is 36.9 Å². The number of nitrogens with zero attached hydrogens (tertiary/aromatic N) is 3. The molecule has 0 spiro atoms. The minimum absolute atomic E-state index is 0.0543. The number of carbonyl (C=O) groups excluding carboxylic acids is 1. The van der Waals surface area contributed by atoms with Crippen LogP contribution >= 0.6 is 0 Å². The van der Waals surface area contributed by atoms with Crippen molar-refractivity contribution in [2.75, 3.05) is 13.2 Å². The first-order chi connectivity index (χ1) is 12.1. The molecule has 25 heavy (non-hydrogen) atoms. The number of aromatic nitrogens is 3. The molecule has 0 saturated heterocycles. The molecule has 0 unspecified atom stereocenters. The Kier molecular flexibility index (Phi) is 4.37. The van der Waals surface area contributed by atoms with Crippen LogP contribution in [-0.4, -0.2) is 38.7 Å². The first-order valence-corrected chi connectivity index (χ1v) is 9.23. The summed E-state index contributed by atoms with van der Waals surface area (Å²) in [5, 5.41) is 4.81. The summed E-state index contributed by atoms with van der Waals surface area (Å²) in [6, 6.07) is 3.96. The number of ether oxygens (including phenoxy) is 1. The van der Waals surface area contributed by atoms with Gasteiger partial charge in [0.25, 0.3) is 5.91 Å². The second-order valence-corrected chi connectivity index (χ2v) is 7.43. The molecule has 0 bridgehead atoms. The van der Waals surface area contributed by atoms with E-state index in [-0.39, 0.29) is 11.9 Å². The molecule has 0 aromatic carbocycles. The van der Waals surface area contributed by atoms with Gasteiger partial charge in [-0.1, -0.05) is 0 Å². The Morgan fingerprint density at radius 3 is 2.96 bits per heavy atom. The zero-order chi connectivity index (χ0) is 17.4. The van der Waals surface area contributed by atoms with Gasteiger partial charge in [0.15, 0.2) is 0 Å². The third-order valence-electron chi connectivity index (χ3n) is 5.07. The largest absolute Gasteiger partial charge is 0.375 e. The lowest BCUT2D eigenvalue weighted by Crippen LogP contribution is -2.37. The van der Waals surface area contributed by atoms with Crippen molar-refractivity contribution in [1.82, 2.24) is 19.7 Å². The van der Waals surface area contributed by atoms with Gasteiger partial charge in [0.2, 0.25) is 0 Å². The smallest absolute Gasteiger partial charge is 0.270 e. The van der Waals surface area contributed by atoms with Gasteiger partial charge in [-0.25, -0.2) is 0 Å². The van der Waals surface area contributed by atoms with Gasteiger partial charge in [0, 0.05) is 31.0 Å². The van der Waals surface area contributed by atoms with Crippen LogP contribution in [0.25, 0.3) is 0 Å². The molecule has 1 aliphatic heterocycles. The number of hydrogen-bond donors (Lipinski definition) is 1. The van der Waals surface area contributed by atoms with E-state index in [1.165, 1.54) is 18.4 Å². The first-order valence-electron chi connectivity index (χ1n) is 9.23. The highest BCUT2D eigenvalue weighted by molar-refractivity contribution is 5.92. The van der Waals surface area contributed by atoms with Crippen molar-refractivity contribution in [3.63, 3.8) is 0 Å². The molecule has 0 radical (unpaired) electrons. The molecule has 4 rings (SSSR count). The average Bonchev–Trinajstić information content (AvgIpc) is 3.13. The number of nitrogens with one attached hydrogen (secondary N) is 1. The van der Waals surface area contributed by atoms with Gasteiger partial charge in [-0.05, 0) is 51.2 Å². The number of hydrogen-bond acceptors (Lipinski definition) is 3. The molecule has 0 atom stereocenters. The third kappa shape index (κ3) is 3.35. The second-order valence-electron chi connectivity index (χ2n) is 7.43. The molecule has 1 aliphatic carbocycles. The predicted octanol–water partition coefficient (Wildman–Crippen LogP) is 2.92. The van der Waals surface area contributed by atoms with Crippen molar-refractivity contribution in [3.8, 4) is 0 Å². The van der Waals surface area contributed by atoms with Gasteiger partial charge in [0.05, 0.1) is 24.5 Å². The maximum atomic E-state index is 12.7. The molecule has 1 saturated carbocycles. The van der Waals surface area contributed by atoms with Crippen LogP contribution in [0.15, 0.2) is 18.3 Å². The quantitative estimate of drug-likeness (QED) is 0.878. The lowest BCUT2D eigenvalue weighted by Gasteiger charge is -2.28. The number of rotatable bonds is 6. The van der Waals surface area contributed by atoms with Crippen LogP contribution in [0.2, 0.25) is 0 Å². The highest BCUT2D eigenvalue weighted by Crippen LogP contribution is 2.30. The van der Waals surface area contributed by atoms with Crippen molar-refractivity contribution < 1.29 is 9.53 Å². The van der Waals surface area contributed by atoms with E-state index in [9.17, 15) is 4.79 Å². The van der Waals surface area contributed by atoms with E-state index in [1.807, 2.05) is 17.0 Å². The standard InChI is InChI=1S/C19H26N4O2/c1-13(2)23-18-10-22(19(24)16-4-3-8-20-16)9-7-15(18)17(21-23)12-25-11-14-5-6-14/h3-4,8,13-14,20H,5-7,9-12H2,1-2H3. The SMILES string of the molecule is CC(C)n1nc(COCC2CC2)c2c1CN(C(=O)c1ccc[nH]1)CC2. The lowest BCUT2D eigenvalue weighted by atomic mass is 10.0. The first kappa shape index (κ1) is 16.4. The van der Waals surface area contributed by atoms with Crippen molar-refractivity contribution in [2.24, 2.45) is 5.92 Å². The number of fused-ring (bicyclic) bond motifs is 1. The molecule has 1 amide bonds. The third-order valence-corrected chi connectivity index (χ3v) is 5.07. The minimum atomic E-state index is 0.0543. The van der Waals surface area contributed by atoms with Crippen LogP contribution in [0.4, 0.5) is 0 Å². The van der Waals surface area contributed by atoms with Gasteiger partial charge >= 0.3 is 0 Å². The van der Waals surface area contributed by atoms with Gasteiger partial charge in [-0.2, -0.15) is 5.10 Å². The predicted molar refractivity (Wildman–Crippen MR) is 94.2 cm³/mol. The van der Waals surface area contributed by atoms with E-state index in [4.69, 9.17) is 9.84 Å². The zero-order valence-corrected chi connectivity index (χ0v) is 15.0. The topological polar surface area (TPSA) is 63.1 Å². The van der Waals surface area contributed by atoms with Crippen molar-refractivity contribution >= 4 is 5.91 Å². The van der Waals surface area contributed by atoms with E-state index in [1.54, 1.807) is 6.20 Å². The maximum absolute atomic E-state index is 12.7. The Hall–Kier alpha value is -2.08. The second kappa shape index (κ2) is 6.67. The molecule has 2 aliphatic rings. The van der Waals surface area contributed by atoms with E-state index < -0.39 is 0 Å². The van der Waals surface area contributed by atoms with E-state index in [2.05, 4.69) is 23.5 Å². The summed E-state index contributed by atoms with van der Waals surface area (Å²) >= 11 is 0. The summed E-state index contributed by atoms with van der Waals surface area (Å²) in [7, 11) is 0. The molecular weight excluding hydrogens is 316 g/mol. The Labute approximate surface area is 148 Å². The molecule has 1 fully saturated rings. The van der Waals surface area contributed by atoms with Gasteiger partial charge in [0.1, 0.15) is 5.69 Å². The van der Waals surface area contributed by atoms with Crippen molar-refractivity contribution in [2.45, 2.75) is 52.3 Å². The van der Waals surface area contributed by atoms with Gasteiger partial charge in [-0.3, -0.25) is 9.48 Å². The summed E-state index contributed by atoms with van der Waals surface area (Å²) < 4.78 is 7.94. The average molecular weight is 342 g/mol. The number of aromatic amines is 1. The highest BCUT2D eigenvalue weighted by atomic mass is 16.5. The van der Waals surface area contributed by atoms with Crippen LogP contribution in [0, 0.1) is 5.92 Å². The van der Waals surface area contributed by atoms with E-state index >= 15 is 0 Å². The molecule has 6 heteroatoms. The fourth-order valence-corrected chi connectivity index (χ4v) is 3.48. The molecule has 3 heterocycles. The molecule has 134 valence electrons. The molecule has 6 nitrogen and oxygen atoms in total. The molecular formula is C19H26N4O2. The number of H-pyrrole nitrogens is 1. The van der Waals surface area contributed by atoms with Crippen LogP contribution < -0.4 is 0 Å². The van der Waals surface area contributed by atoms with Crippen LogP contribution in [0.1, 0.15) is 60.2 Å². The summed E-state index contributed by atoms with van der Waals surface area (Å²) in [5.41, 5.74) is 4.13. The molecule has 1 N–H and O–H groups in total. The normalized spacial score (nSPS) is 17.2. The molecule has 2 aromatic rings. The van der Waals surface area contributed by atoms with Gasteiger partial charge in [-0.15, -0.1) is 0 Å². The summed E-state index contributed by atoms with van der Waals surface area (Å²) in [5.74, 6) is 0.815.